The zero-order valence-corrected chi connectivity index (χ0v) is 12.8. The van der Waals surface area contributed by atoms with Gasteiger partial charge < -0.3 is 4.90 Å². The average Bonchev–Trinajstić information content (AvgIpc) is 2.80. The van der Waals surface area contributed by atoms with Gasteiger partial charge in [-0.3, -0.25) is 4.79 Å². The van der Waals surface area contributed by atoms with Crippen LogP contribution in [0.15, 0.2) is 18.2 Å². The average molecular weight is 384 g/mol. The van der Waals surface area contributed by atoms with E-state index in [9.17, 15) is 4.79 Å². The molecule has 1 unspecified atom stereocenters. The largest absolute Gasteiger partial charge is 0.334 e. The Bertz CT molecular complexity index is 439. The number of nitrogens with zero attached hydrogens (tertiary/aromatic N) is 1. The predicted molar refractivity (Wildman–Crippen MR) is 78.9 cm³/mol. The summed E-state index contributed by atoms with van der Waals surface area (Å²) >= 11 is 14.0. The molecule has 1 saturated heterocycles. The second-order valence-corrected chi connectivity index (χ2v) is 5.96. The van der Waals surface area contributed by atoms with Crippen LogP contribution in [-0.4, -0.2) is 29.3 Å². The van der Waals surface area contributed by atoms with Crippen molar-refractivity contribution in [3.8, 4) is 0 Å². The van der Waals surface area contributed by atoms with Gasteiger partial charge in [-0.1, -0.05) is 11.6 Å². The SMILES string of the molecule is O=C(c1ccc(I)c(Cl)c1)N1CCCC1CCl. The number of carbonyl (C=O) groups is 1. The van der Waals surface area contributed by atoms with Gasteiger partial charge in [-0.25, -0.2) is 0 Å². The second-order valence-electron chi connectivity index (χ2n) is 4.08. The van der Waals surface area contributed by atoms with E-state index >= 15 is 0 Å². The summed E-state index contributed by atoms with van der Waals surface area (Å²) in [5, 5.41) is 0.623. The fourth-order valence-electron chi connectivity index (χ4n) is 2.06. The van der Waals surface area contributed by atoms with E-state index in [1.807, 2.05) is 17.0 Å². The lowest BCUT2D eigenvalue weighted by molar-refractivity contribution is 0.0749. The summed E-state index contributed by atoms with van der Waals surface area (Å²) < 4.78 is 0.955. The third kappa shape index (κ3) is 2.88. The lowest BCUT2D eigenvalue weighted by Crippen LogP contribution is -2.36. The molecule has 1 heterocycles. The molecule has 0 aromatic heterocycles. The molecule has 2 nitrogen and oxygen atoms in total. The fraction of sp³-hybridized carbons (Fsp3) is 0.417. The minimum atomic E-state index is 0.0338. The van der Waals surface area contributed by atoms with Crippen molar-refractivity contribution < 1.29 is 4.79 Å². The number of halogens is 3. The van der Waals surface area contributed by atoms with Gasteiger partial charge in [0.15, 0.2) is 0 Å². The van der Waals surface area contributed by atoms with Crippen LogP contribution in [0.4, 0.5) is 0 Å². The summed E-state index contributed by atoms with van der Waals surface area (Å²) in [6.45, 7) is 0.791. The molecule has 0 aliphatic carbocycles. The first kappa shape index (κ1) is 13.4. The van der Waals surface area contributed by atoms with Crippen molar-refractivity contribution >= 4 is 51.7 Å². The van der Waals surface area contributed by atoms with Crippen molar-refractivity contribution in [2.75, 3.05) is 12.4 Å². The van der Waals surface area contributed by atoms with Crippen molar-refractivity contribution in [3.63, 3.8) is 0 Å². The molecule has 0 spiro atoms. The molecule has 1 fully saturated rings. The maximum atomic E-state index is 12.3. The van der Waals surface area contributed by atoms with Gasteiger partial charge in [0.25, 0.3) is 5.91 Å². The van der Waals surface area contributed by atoms with E-state index in [0.29, 0.717) is 16.5 Å². The summed E-state index contributed by atoms with van der Waals surface area (Å²) in [4.78, 5) is 14.1. The van der Waals surface area contributed by atoms with Gasteiger partial charge in [-0.05, 0) is 53.6 Å². The smallest absolute Gasteiger partial charge is 0.254 e. The van der Waals surface area contributed by atoms with Gasteiger partial charge in [0.1, 0.15) is 0 Å². The molecule has 17 heavy (non-hydrogen) atoms. The number of amides is 1. The van der Waals surface area contributed by atoms with Crippen LogP contribution in [0, 0.1) is 3.57 Å². The standard InChI is InChI=1S/C12H12Cl2INO/c13-7-9-2-1-5-16(9)12(17)8-3-4-11(15)10(14)6-8/h3-4,6,9H,1-2,5,7H2. The minimum Gasteiger partial charge on any atom is -0.334 e. The second kappa shape index (κ2) is 5.76. The van der Waals surface area contributed by atoms with E-state index < -0.39 is 0 Å². The molecule has 0 saturated carbocycles. The third-order valence-corrected chi connectivity index (χ3v) is 4.91. The van der Waals surface area contributed by atoms with Crippen molar-refractivity contribution in [2.24, 2.45) is 0 Å². The quantitative estimate of drug-likeness (QED) is 0.562. The number of alkyl halides is 1. The first-order valence-corrected chi connectivity index (χ1v) is 7.44. The molecule has 1 aromatic carbocycles. The molecule has 1 aliphatic rings. The van der Waals surface area contributed by atoms with E-state index in [-0.39, 0.29) is 11.9 Å². The zero-order valence-electron chi connectivity index (χ0n) is 9.13. The highest BCUT2D eigenvalue weighted by atomic mass is 127. The predicted octanol–water partition coefficient (Wildman–Crippen LogP) is 3.79. The number of hydrogen-bond acceptors (Lipinski definition) is 1. The molecular weight excluding hydrogens is 372 g/mol. The Morgan fingerprint density at radius 2 is 2.29 bits per heavy atom. The van der Waals surface area contributed by atoms with Crippen molar-refractivity contribution in [2.45, 2.75) is 18.9 Å². The Hall–Kier alpha value is -0.000000000000000167. The Morgan fingerprint density at radius 1 is 1.53 bits per heavy atom. The molecule has 0 bridgehead atoms. The monoisotopic (exact) mass is 383 g/mol. The van der Waals surface area contributed by atoms with Crippen LogP contribution in [0.1, 0.15) is 23.2 Å². The lowest BCUT2D eigenvalue weighted by atomic mass is 10.2. The molecule has 1 aromatic rings. The van der Waals surface area contributed by atoms with Crippen LogP contribution in [-0.2, 0) is 0 Å². The number of benzene rings is 1. The first-order chi connectivity index (χ1) is 8.13. The van der Waals surface area contributed by atoms with E-state index in [1.165, 1.54) is 0 Å². The number of likely N-dealkylation sites (tertiary alicyclic amines) is 1. The fourth-order valence-corrected chi connectivity index (χ4v) is 2.90. The van der Waals surface area contributed by atoms with Crippen molar-refractivity contribution in [1.29, 1.82) is 0 Å². The van der Waals surface area contributed by atoms with E-state index in [1.54, 1.807) is 6.07 Å². The van der Waals surface area contributed by atoms with Gasteiger partial charge in [-0.15, -0.1) is 11.6 Å². The lowest BCUT2D eigenvalue weighted by Gasteiger charge is -2.23. The van der Waals surface area contributed by atoms with Crippen LogP contribution >= 0.6 is 45.8 Å². The Balaban J connectivity index is 2.21. The highest BCUT2D eigenvalue weighted by Gasteiger charge is 2.28. The molecule has 0 N–H and O–H groups in total. The molecule has 1 aliphatic heterocycles. The van der Waals surface area contributed by atoms with E-state index in [4.69, 9.17) is 23.2 Å². The summed E-state index contributed by atoms with van der Waals surface area (Å²) in [6.07, 6.45) is 2.02. The molecule has 2 rings (SSSR count). The Kier molecular flexibility index (Phi) is 4.55. The Morgan fingerprint density at radius 3 is 2.94 bits per heavy atom. The maximum absolute atomic E-state index is 12.3. The molecular formula is C12H12Cl2INO. The van der Waals surface area contributed by atoms with E-state index in [0.717, 1.165) is 23.0 Å². The van der Waals surface area contributed by atoms with Gasteiger partial charge in [0.05, 0.1) is 5.02 Å². The van der Waals surface area contributed by atoms with Crippen LogP contribution in [0.5, 0.6) is 0 Å². The van der Waals surface area contributed by atoms with Crippen LogP contribution < -0.4 is 0 Å². The molecule has 92 valence electrons. The van der Waals surface area contributed by atoms with Crippen molar-refractivity contribution in [1.82, 2.24) is 4.90 Å². The summed E-state index contributed by atoms with van der Waals surface area (Å²) in [7, 11) is 0. The van der Waals surface area contributed by atoms with Gasteiger partial charge >= 0.3 is 0 Å². The highest BCUT2D eigenvalue weighted by molar-refractivity contribution is 14.1. The highest BCUT2D eigenvalue weighted by Crippen LogP contribution is 2.24. The number of rotatable bonds is 2. The van der Waals surface area contributed by atoms with E-state index in [2.05, 4.69) is 22.6 Å². The number of carbonyl (C=O) groups excluding carboxylic acids is 1. The molecule has 1 atom stereocenters. The zero-order chi connectivity index (χ0) is 12.4. The van der Waals surface area contributed by atoms with Crippen molar-refractivity contribution in [3.05, 3.63) is 32.4 Å². The van der Waals surface area contributed by atoms with Crippen LogP contribution in [0.25, 0.3) is 0 Å². The van der Waals surface area contributed by atoms with Gasteiger partial charge in [-0.2, -0.15) is 0 Å². The third-order valence-electron chi connectivity index (χ3n) is 2.98. The van der Waals surface area contributed by atoms with Crippen LogP contribution in [0.3, 0.4) is 0 Å². The molecule has 1 amide bonds. The summed E-state index contributed by atoms with van der Waals surface area (Å²) in [5.41, 5.74) is 0.646. The Labute approximate surface area is 124 Å². The van der Waals surface area contributed by atoms with Gasteiger partial charge in [0.2, 0.25) is 0 Å². The maximum Gasteiger partial charge on any atom is 0.254 e. The first-order valence-electron chi connectivity index (χ1n) is 5.45. The summed E-state index contributed by atoms with van der Waals surface area (Å²) in [5.74, 6) is 0.538. The topological polar surface area (TPSA) is 20.3 Å². The molecule has 0 radical (unpaired) electrons. The minimum absolute atomic E-state index is 0.0338. The molecule has 5 heteroatoms. The summed E-state index contributed by atoms with van der Waals surface area (Å²) in [6, 6.07) is 5.58. The van der Waals surface area contributed by atoms with Crippen LogP contribution in [0.2, 0.25) is 5.02 Å². The van der Waals surface area contributed by atoms with Gasteiger partial charge in [0, 0.05) is 27.6 Å². The number of hydrogen-bond donors (Lipinski definition) is 0. The normalized spacial score (nSPS) is 19.7.